The Morgan fingerprint density at radius 1 is 1.25 bits per heavy atom. The van der Waals surface area contributed by atoms with Crippen LogP contribution in [0.3, 0.4) is 0 Å². The van der Waals surface area contributed by atoms with E-state index in [2.05, 4.69) is 10.3 Å². The Balaban J connectivity index is 1.68. The zero-order valence-electron chi connectivity index (χ0n) is 22.0. The third-order valence-electron chi connectivity index (χ3n) is 8.10. The van der Waals surface area contributed by atoms with Gasteiger partial charge in [0.2, 0.25) is 5.88 Å². The fourth-order valence-corrected chi connectivity index (χ4v) is 6.16. The Morgan fingerprint density at radius 3 is 2.62 bits per heavy atom. The second kappa shape index (κ2) is 10.4. The Labute approximate surface area is 229 Å². The van der Waals surface area contributed by atoms with Crippen LogP contribution >= 0.6 is 0 Å². The maximum absolute atomic E-state index is 13.7. The van der Waals surface area contributed by atoms with Gasteiger partial charge in [0.1, 0.15) is 29.5 Å². The van der Waals surface area contributed by atoms with Gasteiger partial charge in [0, 0.05) is 48.0 Å². The SMILES string of the molecule is COc1ccc(-c2cc(CNC(C)CF)c(O)c3c2CC2CC4CC(=O)C(C(N)=O)=C(O)C4C(=O)C2=C3O)cn1. The van der Waals surface area contributed by atoms with E-state index in [0.29, 0.717) is 28.1 Å². The number of nitrogens with two attached hydrogens (primary N) is 1. The summed E-state index contributed by atoms with van der Waals surface area (Å²) in [6, 6.07) is 4.72. The molecule has 4 atom stereocenters. The van der Waals surface area contributed by atoms with Crippen LogP contribution in [-0.2, 0) is 27.3 Å². The normalized spacial score (nSPS) is 22.9. The molecule has 11 heteroatoms. The van der Waals surface area contributed by atoms with Gasteiger partial charge >= 0.3 is 0 Å². The molecule has 0 radical (unpaired) electrons. The van der Waals surface area contributed by atoms with E-state index in [4.69, 9.17) is 10.5 Å². The number of ether oxygens (including phenoxy) is 1. The minimum absolute atomic E-state index is 0.0230. The minimum atomic E-state index is -1.20. The van der Waals surface area contributed by atoms with E-state index in [1.165, 1.54) is 7.11 Å². The molecule has 10 nitrogen and oxygen atoms in total. The maximum atomic E-state index is 13.7. The van der Waals surface area contributed by atoms with E-state index in [1.807, 2.05) is 0 Å². The topological polar surface area (TPSA) is 172 Å². The first kappa shape index (κ1) is 27.3. The average Bonchev–Trinajstić information content (AvgIpc) is 2.91. The summed E-state index contributed by atoms with van der Waals surface area (Å²) < 4.78 is 18.3. The van der Waals surface area contributed by atoms with Crippen LogP contribution < -0.4 is 15.8 Å². The van der Waals surface area contributed by atoms with E-state index in [0.717, 1.165) is 0 Å². The molecule has 3 aliphatic rings. The second-order valence-corrected chi connectivity index (χ2v) is 10.6. The number of hydrogen-bond donors (Lipinski definition) is 5. The van der Waals surface area contributed by atoms with E-state index in [9.17, 15) is 34.1 Å². The van der Waals surface area contributed by atoms with E-state index >= 15 is 0 Å². The van der Waals surface area contributed by atoms with Gasteiger partial charge in [-0.15, -0.1) is 0 Å². The van der Waals surface area contributed by atoms with Crippen LogP contribution in [0, 0.1) is 17.8 Å². The standard InChI is InChI=1S/C29H30FN3O7/c1-12(9-30)32-11-16-7-17(13-3-4-20(40-2)33-10-13)18-6-14-5-15-8-19(34)24(29(31)39)28(38)22(15)26(36)21(14)27(37)23(18)25(16)35/h3-4,7,10,12,14-15,22,32,35,37-38H,5-6,8-9,11H2,1-2H3,(H2,31,39). The number of benzene rings is 1. The highest BCUT2D eigenvalue weighted by molar-refractivity contribution is 6.21. The van der Waals surface area contributed by atoms with Gasteiger partial charge in [-0.25, -0.2) is 9.37 Å². The molecule has 0 bridgehead atoms. The van der Waals surface area contributed by atoms with E-state index in [1.54, 1.807) is 31.3 Å². The molecule has 40 heavy (non-hydrogen) atoms. The number of aliphatic hydroxyl groups is 2. The highest BCUT2D eigenvalue weighted by Crippen LogP contribution is 2.52. The number of hydrogen-bond acceptors (Lipinski definition) is 9. The first-order valence-electron chi connectivity index (χ1n) is 13.0. The molecule has 1 saturated carbocycles. The lowest BCUT2D eigenvalue weighted by Crippen LogP contribution is -2.44. The molecular weight excluding hydrogens is 521 g/mol. The van der Waals surface area contributed by atoms with Gasteiger partial charge < -0.3 is 31.1 Å². The summed E-state index contributed by atoms with van der Waals surface area (Å²) in [4.78, 5) is 42.4. The number of pyridine rings is 1. The van der Waals surface area contributed by atoms with Crippen molar-refractivity contribution in [1.82, 2.24) is 10.3 Å². The van der Waals surface area contributed by atoms with Gasteiger partial charge in [0.25, 0.3) is 5.91 Å². The molecule has 3 aliphatic carbocycles. The van der Waals surface area contributed by atoms with Crippen molar-refractivity contribution in [3.05, 3.63) is 58.0 Å². The van der Waals surface area contributed by atoms with Crippen molar-refractivity contribution in [3.63, 3.8) is 0 Å². The molecule has 1 heterocycles. The molecule has 4 unspecified atom stereocenters. The summed E-state index contributed by atoms with van der Waals surface area (Å²) in [5.74, 6) is -5.58. The van der Waals surface area contributed by atoms with Crippen LogP contribution in [-0.4, -0.2) is 57.6 Å². The minimum Gasteiger partial charge on any atom is -0.511 e. The van der Waals surface area contributed by atoms with Crippen LogP contribution in [0.25, 0.3) is 16.9 Å². The monoisotopic (exact) mass is 551 g/mol. The number of aromatic nitrogens is 1. The van der Waals surface area contributed by atoms with Gasteiger partial charge in [0.05, 0.1) is 18.6 Å². The number of alkyl halides is 1. The summed E-state index contributed by atoms with van der Waals surface area (Å²) in [5, 5.41) is 36.6. The fourth-order valence-electron chi connectivity index (χ4n) is 6.16. The van der Waals surface area contributed by atoms with Crippen LogP contribution in [0.1, 0.15) is 36.5 Å². The number of rotatable bonds is 7. The quantitative estimate of drug-likeness (QED) is 0.324. The van der Waals surface area contributed by atoms with Crippen LogP contribution in [0.4, 0.5) is 4.39 Å². The number of methoxy groups -OCH3 is 1. The number of primary amides is 1. The number of halogens is 1. The Hall–Kier alpha value is -4.25. The number of aliphatic hydroxyl groups excluding tert-OH is 2. The van der Waals surface area contributed by atoms with Crippen molar-refractivity contribution in [1.29, 1.82) is 0 Å². The third-order valence-corrected chi connectivity index (χ3v) is 8.10. The summed E-state index contributed by atoms with van der Waals surface area (Å²) in [7, 11) is 1.49. The van der Waals surface area contributed by atoms with Crippen molar-refractivity contribution < 1.29 is 38.8 Å². The van der Waals surface area contributed by atoms with Gasteiger partial charge in [-0.05, 0) is 54.9 Å². The molecule has 210 valence electrons. The number of Topliss-reactive ketones (excluding diaryl/α,β-unsaturated/α-hetero) is 2. The van der Waals surface area contributed by atoms with Crippen LogP contribution in [0.15, 0.2) is 41.3 Å². The molecule has 5 rings (SSSR count). The van der Waals surface area contributed by atoms with Crippen molar-refractivity contribution >= 4 is 23.2 Å². The number of phenols is 1. The molecule has 1 fully saturated rings. The van der Waals surface area contributed by atoms with Crippen LogP contribution in [0.2, 0.25) is 0 Å². The van der Waals surface area contributed by atoms with Crippen molar-refractivity contribution in [3.8, 4) is 22.8 Å². The summed E-state index contributed by atoms with van der Waals surface area (Å²) in [5.41, 5.74) is 7.10. The Kier molecular flexibility index (Phi) is 7.09. The lowest BCUT2D eigenvalue weighted by atomic mass is 9.61. The predicted octanol–water partition coefficient (Wildman–Crippen LogP) is 2.83. The van der Waals surface area contributed by atoms with E-state index in [-0.39, 0.29) is 42.7 Å². The molecule has 1 aromatic heterocycles. The zero-order chi connectivity index (χ0) is 28.9. The number of phenolic OH excluding ortho intramolecular Hbond substituents is 1. The Morgan fingerprint density at radius 2 is 2.00 bits per heavy atom. The maximum Gasteiger partial charge on any atom is 0.255 e. The molecule has 0 saturated heterocycles. The first-order chi connectivity index (χ1) is 19.1. The zero-order valence-corrected chi connectivity index (χ0v) is 22.0. The lowest BCUT2D eigenvalue weighted by Gasteiger charge is -2.41. The van der Waals surface area contributed by atoms with Gasteiger partial charge in [-0.2, -0.15) is 0 Å². The molecule has 0 spiro atoms. The number of nitrogens with one attached hydrogen (secondary N) is 1. The summed E-state index contributed by atoms with van der Waals surface area (Å²) in [6.07, 6.45) is 2.01. The number of ketones is 2. The number of carbonyl (C=O) groups is 3. The number of fused-ring (bicyclic) bond motifs is 3. The molecular formula is C29H30FN3O7. The largest absolute Gasteiger partial charge is 0.511 e. The van der Waals surface area contributed by atoms with Gasteiger partial charge in [0.15, 0.2) is 11.6 Å². The summed E-state index contributed by atoms with van der Waals surface area (Å²) in [6.45, 7) is 1.11. The molecule has 1 amide bonds. The highest BCUT2D eigenvalue weighted by Gasteiger charge is 2.51. The Bertz CT molecular complexity index is 1480. The van der Waals surface area contributed by atoms with E-state index < -0.39 is 65.0 Å². The first-order valence-corrected chi connectivity index (χ1v) is 13.0. The second-order valence-electron chi connectivity index (χ2n) is 10.6. The molecule has 2 aromatic rings. The highest BCUT2D eigenvalue weighted by atomic mass is 19.1. The van der Waals surface area contributed by atoms with Crippen LogP contribution in [0.5, 0.6) is 11.6 Å². The fraction of sp³-hybridized carbons (Fsp3) is 0.379. The third kappa shape index (κ3) is 4.40. The average molecular weight is 552 g/mol. The number of allylic oxidation sites excluding steroid dienone is 2. The number of aromatic hydroxyl groups is 1. The number of amides is 1. The number of nitrogens with zero attached hydrogens (tertiary/aromatic N) is 1. The van der Waals surface area contributed by atoms with Crippen molar-refractivity contribution in [2.45, 2.75) is 38.8 Å². The molecule has 6 N–H and O–H groups in total. The van der Waals surface area contributed by atoms with Crippen molar-refractivity contribution in [2.24, 2.45) is 23.5 Å². The van der Waals surface area contributed by atoms with Gasteiger partial charge in [-0.3, -0.25) is 14.4 Å². The van der Waals surface area contributed by atoms with Gasteiger partial charge in [-0.1, -0.05) is 0 Å². The predicted molar refractivity (Wildman–Crippen MR) is 142 cm³/mol. The lowest BCUT2D eigenvalue weighted by molar-refractivity contribution is -0.127. The smallest absolute Gasteiger partial charge is 0.255 e. The number of carbonyl (C=O) groups excluding carboxylic acids is 3. The summed E-state index contributed by atoms with van der Waals surface area (Å²) >= 11 is 0. The van der Waals surface area contributed by atoms with Crippen molar-refractivity contribution in [2.75, 3.05) is 13.8 Å². The molecule has 1 aromatic carbocycles. The molecule has 0 aliphatic heterocycles.